The van der Waals surface area contributed by atoms with Gasteiger partial charge in [0.15, 0.2) is 6.61 Å². The number of methoxy groups -OCH3 is 1. The minimum Gasteiger partial charge on any atom is -0.497 e. The Kier molecular flexibility index (Phi) is 8.10. The van der Waals surface area contributed by atoms with Gasteiger partial charge in [0.25, 0.3) is 5.91 Å². The summed E-state index contributed by atoms with van der Waals surface area (Å²) in [7, 11) is 1.67. The average Bonchev–Trinajstić information content (AvgIpc) is 3.32. The van der Waals surface area contributed by atoms with Gasteiger partial charge < -0.3 is 19.7 Å². The lowest BCUT2D eigenvalue weighted by Crippen LogP contribution is -2.48. The van der Waals surface area contributed by atoms with E-state index in [1.807, 2.05) is 48.5 Å². The van der Waals surface area contributed by atoms with Gasteiger partial charge in [-0.2, -0.15) is 4.37 Å². The van der Waals surface area contributed by atoms with Gasteiger partial charge in [-0.05, 0) is 29.8 Å². The van der Waals surface area contributed by atoms with Crippen LogP contribution in [0.5, 0.6) is 11.5 Å². The molecule has 1 amide bonds. The number of ether oxygens (including phenoxy) is 2. The van der Waals surface area contributed by atoms with Crippen molar-refractivity contribution >= 4 is 22.6 Å². The number of carbonyl (C=O) groups is 1. The zero-order valence-electron chi connectivity index (χ0n) is 18.8. The molecule has 0 atom stereocenters. The van der Waals surface area contributed by atoms with Gasteiger partial charge in [0.2, 0.25) is 5.13 Å². The summed E-state index contributed by atoms with van der Waals surface area (Å²) in [6, 6.07) is 17.4. The molecule has 0 spiro atoms. The Balaban J connectivity index is 1.15. The summed E-state index contributed by atoms with van der Waals surface area (Å²) >= 11 is 1.46. The summed E-state index contributed by atoms with van der Waals surface area (Å²) in [5, 5.41) is 3.90. The fourth-order valence-electron chi connectivity index (χ4n) is 3.64. The molecule has 0 bridgehead atoms. The molecule has 0 aliphatic carbocycles. The van der Waals surface area contributed by atoms with Crippen molar-refractivity contribution in [3.05, 3.63) is 66.0 Å². The van der Waals surface area contributed by atoms with Gasteiger partial charge in [-0.1, -0.05) is 30.3 Å². The van der Waals surface area contributed by atoms with E-state index in [2.05, 4.69) is 25.6 Å². The first-order valence-corrected chi connectivity index (χ1v) is 11.8. The summed E-state index contributed by atoms with van der Waals surface area (Å²) in [6.07, 6.45) is 0.696. The largest absolute Gasteiger partial charge is 0.497 e. The number of nitrogens with one attached hydrogen (secondary N) is 1. The highest BCUT2D eigenvalue weighted by molar-refractivity contribution is 7.09. The van der Waals surface area contributed by atoms with Crippen molar-refractivity contribution < 1.29 is 14.3 Å². The van der Waals surface area contributed by atoms with Gasteiger partial charge in [0, 0.05) is 57.2 Å². The van der Waals surface area contributed by atoms with Gasteiger partial charge in [-0.15, -0.1) is 0 Å². The molecule has 1 fully saturated rings. The molecule has 9 heteroatoms. The highest BCUT2D eigenvalue weighted by Crippen LogP contribution is 2.21. The highest BCUT2D eigenvalue weighted by atomic mass is 32.1. The summed E-state index contributed by atoms with van der Waals surface area (Å²) < 4.78 is 15.3. The molecule has 3 aromatic rings. The van der Waals surface area contributed by atoms with Crippen molar-refractivity contribution in [1.82, 2.24) is 19.6 Å². The van der Waals surface area contributed by atoms with E-state index in [1.165, 1.54) is 11.5 Å². The second kappa shape index (κ2) is 11.6. The molecule has 1 aromatic heterocycles. The topological polar surface area (TPSA) is 79.8 Å². The quantitative estimate of drug-likeness (QED) is 0.491. The molecule has 8 nitrogen and oxygen atoms in total. The predicted octanol–water partition coefficient (Wildman–Crippen LogP) is 2.45. The lowest BCUT2D eigenvalue weighted by molar-refractivity contribution is -0.123. The third kappa shape index (κ3) is 6.90. The molecule has 2 heterocycles. The minimum atomic E-state index is -0.102. The van der Waals surface area contributed by atoms with Gasteiger partial charge >= 0.3 is 0 Å². The van der Waals surface area contributed by atoms with Gasteiger partial charge in [0.05, 0.1) is 7.11 Å². The molecule has 0 saturated carbocycles. The van der Waals surface area contributed by atoms with Crippen LogP contribution in [-0.2, 0) is 11.2 Å². The Morgan fingerprint density at radius 2 is 1.85 bits per heavy atom. The highest BCUT2D eigenvalue weighted by Gasteiger charge is 2.20. The van der Waals surface area contributed by atoms with Crippen LogP contribution in [0.2, 0.25) is 0 Å². The van der Waals surface area contributed by atoms with E-state index >= 15 is 0 Å². The maximum absolute atomic E-state index is 12.0. The van der Waals surface area contributed by atoms with Crippen LogP contribution in [0.4, 0.5) is 5.13 Å². The van der Waals surface area contributed by atoms with Crippen LogP contribution in [-0.4, -0.2) is 73.1 Å². The molecular weight excluding hydrogens is 438 g/mol. The third-order valence-electron chi connectivity index (χ3n) is 5.46. The van der Waals surface area contributed by atoms with Crippen molar-refractivity contribution in [2.45, 2.75) is 6.42 Å². The number of rotatable bonds is 10. The van der Waals surface area contributed by atoms with Crippen molar-refractivity contribution in [1.29, 1.82) is 0 Å². The summed E-state index contributed by atoms with van der Waals surface area (Å²) in [4.78, 5) is 21.4. The average molecular weight is 468 g/mol. The Morgan fingerprint density at radius 3 is 2.64 bits per heavy atom. The molecule has 0 radical (unpaired) electrons. The zero-order valence-corrected chi connectivity index (χ0v) is 19.6. The van der Waals surface area contributed by atoms with Gasteiger partial charge in [-0.3, -0.25) is 9.69 Å². The van der Waals surface area contributed by atoms with E-state index in [9.17, 15) is 4.79 Å². The molecule has 1 aliphatic rings. The zero-order chi connectivity index (χ0) is 22.9. The number of hydrogen-bond donors (Lipinski definition) is 1. The Labute approximate surface area is 198 Å². The van der Waals surface area contributed by atoms with E-state index in [-0.39, 0.29) is 12.5 Å². The lowest BCUT2D eigenvalue weighted by Gasteiger charge is -2.34. The van der Waals surface area contributed by atoms with Crippen LogP contribution in [0.15, 0.2) is 54.6 Å². The Hall–Kier alpha value is -3.17. The number of amides is 1. The number of nitrogens with zero attached hydrogens (tertiary/aromatic N) is 4. The number of benzene rings is 2. The normalized spacial score (nSPS) is 14.2. The van der Waals surface area contributed by atoms with Gasteiger partial charge in [0.1, 0.15) is 17.3 Å². The fraction of sp³-hybridized carbons (Fsp3) is 0.375. The van der Waals surface area contributed by atoms with E-state index in [0.29, 0.717) is 18.7 Å². The van der Waals surface area contributed by atoms with E-state index < -0.39 is 0 Å². The Morgan fingerprint density at radius 1 is 1.06 bits per heavy atom. The van der Waals surface area contributed by atoms with Crippen LogP contribution in [0.3, 0.4) is 0 Å². The standard InChI is InChI=1S/C24H29N5O3S/c1-31-21-9-5-6-19(16-21)17-22-26-24(33-27-22)29-14-12-28(13-15-29)11-10-25-23(30)18-32-20-7-3-2-4-8-20/h2-9,16H,10-15,17-18H2,1H3,(H,25,30). The second-order valence-corrected chi connectivity index (χ2v) is 8.53. The van der Waals surface area contributed by atoms with Crippen molar-refractivity contribution in [2.75, 3.05) is 57.9 Å². The number of aromatic nitrogens is 2. The first kappa shape index (κ1) is 23.0. The maximum Gasteiger partial charge on any atom is 0.257 e. The van der Waals surface area contributed by atoms with Crippen LogP contribution in [0, 0.1) is 0 Å². The molecule has 1 aliphatic heterocycles. The first-order valence-electron chi connectivity index (χ1n) is 11.1. The van der Waals surface area contributed by atoms with Crippen LogP contribution >= 0.6 is 11.5 Å². The van der Waals surface area contributed by atoms with E-state index in [0.717, 1.165) is 55.0 Å². The molecule has 4 rings (SSSR count). The Bertz CT molecular complexity index is 1020. The van der Waals surface area contributed by atoms with Crippen molar-refractivity contribution in [3.8, 4) is 11.5 Å². The summed E-state index contributed by atoms with van der Waals surface area (Å²) in [5.74, 6) is 2.28. The number of carbonyl (C=O) groups excluding carboxylic acids is 1. The van der Waals surface area contributed by atoms with Crippen LogP contribution in [0.25, 0.3) is 0 Å². The number of para-hydroxylation sites is 1. The monoisotopic (exact) mass is 467 g/mol. The summed E-state index contributed by atoms with van der Waals surface area (Å²) in [5.41, 5.74) is 1.14. The first-order chi connectivity index (χ1) is 16.2. The smallest absolute Gasteiger partial charge is 0.257 e. The third-order valence-corrected chi connectivity index (χ3v) is 6.27. The van der Waals surface area contributed by atoms with Gasteiger partial charge in [-0.25, -0.2) is 4.98 Å². The second-order valence-electron chi connectivity index (χ2n) is 7.80. The molecule has 33 heavy (non-hydrogen) atoms. The molecule has 174 valence electrons. The predicted molar refractivity (Wildman–Crippen MR) is 129 cm³/mol. The van der Waals surface area contributed by atoms with E-state index in [4.69, 9.17) is 14.5 Å². The van der Waals surface area contributed by atoms with Crippen molar-refractivity contribution in [2.24, 2.45) is 0 Å². The minimum absolute atomic E-state index is 0.0347. The molecule has 0 unspecified atom stereocenters. The number of anilines is 1. The fourth-order valence-corrected chi connectivity index (χ4v) is 4.38. The molecule has 2 aromatic carbocycles. The number of piperazine rings is 1. The molecular formula is C24H29N5O3S. The lowest BCUT2D eigenvalue weighted by atomic mass is 10.1. The molecule has 1 N–H and O–H groups in total. The van der Waals surface area contributed by atoms with Crippen LogP contribution < -0.4 is 19.7 Å². The van der Waals surface area contributed by atoms with E-state index in [1.54, 1.807) is 7.11 Å². The van der Waals surface area contributed by atoms with Crippen molar-refractivity contribution in [3.63, 3.8) is 0 Å². The van der Waals surface area contributed by atoms with Crippen LogP contribution in [0.1, 0.15) is 11.4 Å². The SMILES string of the molecule is COc1cccc(Cc2nsc(N3CCN(CCNC(=O)COc4ccccc4)CC3)n2)c1. The summed E-state index contributed by atoms with van der Waals surface area (Å²) in [6.45, 7) is 5.13. The maximum atomic E-state index is 12.0. The number of hydrogen-bond acceptors (Lipinski definition) is 8. The molecule has 1 saturated heterocycles.